The summed E-state index contributed by atoms with van der Waals surface area (Å²) in [5, 5.41) is 11.8. The zero-order valence-corrected chi connectivity index (χ0v) is 13.9. The van der Waals surface area contributed by atoms with E-state index < -0.39 is 5.97 Å². The zero-order valence-electron chi connectivity index (χ0n) is 13.9. The van der Waals surface area contributed by atoms with E-state index in [0.29, 0.717) is 17.0 Å². The van der Waals surface area contributed by atoms with Crippen molar-refractivity contribution in [2.45, 2.75) is 6.61 Å². The van der Waals surface area contributed by atoms with Gasteiger partial charge < -0.3 is 15.2 Å². The molecule has 0 aliphatic heterocycles. The summed E-state index contributed by atoms with van der Waals surface area (Å²) in [4.78, 5) is 23.4. The summed E-state index contributed by atoms with van der Waals surface area (Å²) >= 11 is 0. The molecule has 3 rings (SSSR count). The van der Waals surface area contributed by atoms with Crippen molar-refractivity contribution in [2.75, 3.05) is 5.32 Å². The monoisotopic (exact) mass is 347 g/mol. The van der Waals surface area contributed by atoms with E-state index in [-0.39, 0.29) is 18.1 Å². The summed E-state index contributed by atoms with van der Waals surface area (Å²) in [6.07, 6.45) is 0. The molecular weight excluding hydrogens is 330 g/mol. The van der Waals surface area contributed by atoms with Crippen LogP contribution in [-0.4, -0.2) is 17.0 Å². The summed E-state index contributed by atoms with van der Waals surface area (Å²) in [6.45, 7) is 0.232. The number of rotatable bonds is 6. The Hall–Kier alpha value is -3.60. The number of carbonyl (C=O) groups is 2. The molecule has 130 valence electrons. The van der Waals surface area contributed by atoms with E-state index in [1.807, 2.05) is 30.3 Å². The number of hydrogen-bond acceptors (Lipinski definition) is 3. The number of aromatic carboxylic acids is 1. The number of ether oxygens (including phenoxy) is 1. The minimum absolute atomic E-state index is 0.219. The SMILES string of the molecule is O=C(O)c1ccc(COc2ccccc2C(=O)Nc2ccccc2)cc1. The van der Waals surface area contributed by atoms with E-state index in [4.69, 9.17) is 9.84 Å². The highest BCUT2D eigenvalue weighted by Gasteiger charge is 2.12. The maximum Gasteiger partial charge on any atom is 0.335 e. The summed E-state index contributed by atoms with van der Waals surface area (Å²) in [6, 6.07) is 22.6. The molecule has 0 bridgehead atoms. The van der Waals surface area contributed by atoms with Gasteiger partial charge in [-0.1, -0.05) is 42.5 Å². The van der Waals surface area contributed by atoms with Crippen LogP contribution in [0.1, 0.15) is 26.3 Å². The Kier molecular flexibility index (Phi) is 5.29. The van der Waals surface area contributed by atoms with Gasteiger partial charge in [-0.3, -0.25) is 4.79 Å². The first-order chi connectivity index (χ1) is 12.6. The van der Waals surface area contributed by atoms with Gasteiger partial charge in [0.05, 0.1) is 11.1 Å². The maximum atomic E-state index is 12.5. The molecule has 0 saturated carbocycles. The fourth-order valence-corrected chi connectivity index (χ4v) is 2.40. The van der Waals surface area contributed by atoms with Crippen molar-refractivity contribution in [1.82, 2.24) is 0 Å². The lowest BCUT2D eigenvalue weighted by molar-refractivity contribution is 0.0696. The summed E-state index contributed by atoms with van der Waals surface area (Å²) in [7, 11) is 0. The topological polar surface area (TPSA) is 75.6 Å². The van der Waals surface area contributed by atoms with Crippen molar-refractivity contribution >= 4 is 17.6 Å². The highest BCUT2D eigenvalue weighted by molar-refractivity contribution is 6.06. The van der Waals surface area contributed by atoms with Crippen LogP contribution < -0.4 is 10.1 Å². The molecule has 3 aromatic rings. The Bertz CT molecular complexity index is 905. The summed E-state index contributed by atoms with van der Waals surface area (Å²) in [5.41, 5.74) is 2.17. The Labute approximate surface area is 150 Å². The first-order valence-corrected chi connectivity index (χ1v) is 8.04. The molecule has 0 fully saturated rings. The van der Waals surface area contributed by atoms with E-state index in [9.17, 15) is 9.59 Å². The third kappa shape index (κ3) is 4.27. The Morgan fingerprint density at radius 2 is 1.50 bits per heavy atom. The molecule has 0 heterocycles. The van der Waals surface area contributed by atoms with Crippen LogP contribution in [0.4, 0.5) is 5.69 Å². The van der Waals surface area contributed by atoms with Crippen molar-refractivity contribution in [3.8, 4) is 5.75 Å². The number of carboxylic acids is 1. The molecular formula is C21H17NO4. The molecule has 5 heteroatoms. The van der Waals surface area contributed by atoms with Crippen LogP contribution in [0, 0.1) is 0 Å². The Morgan fingerprint density at radius 3 is 2.19 bits per heavy atom. The predicted molar refractivity (Wildman–Crippen MR) is 98.6 cm³/mol. The highest BCUT2D eigenvalue weighted by Crippen LogP contribution is 2.21. The van der Waals surface area contributed by atoms with Gasteiger partial charge in [-0.2, -0.15) is 0 Å². The van der Waals surface area contributed by atoms with Crippen LogP contribution in [0.25, 0.3) is 0 Å². The van der Waals surface area contributed by atoms with Crippen LogP contribution in [0.3, 0.4) is 0 Å². The predicted octanol–water partition coefficient (Wildman–Crippen LogP) is 4.22. The Balaban J connectivity index is 1.70. The zero-order chi connectivity index (χ0) is 18.4. The second-order valence-electron chi connectivity index (χ2n) is 5.61. The van der Waals surface area contributed by atoms with Crippen LogP contribution in [0.5, 0.6) is 5.75 Å². The molecule has 0 aromatic heterocycles. The fraction of sp³-hybridized carbons (Fsp3) is 0.0476. The Morgan fingerprint density at radius 1 is 0.846 bits per heavy atom. The number of carboxylic acid groups (broad SMARTS) is 1. The maximum absolute atomic E-state index is 12.5. The van der Waals surface area contributed by atoms with Gasteiger partial charge in [-0.15, -0.1) is 0 Å². The third-order valence-electron chi connectivity index (χ3n) is 3.76. The second kappa shape index (κ2) is 7.98. The van der Waals surface area contributed by atoms with Crippen LogP contribution >= 0.6 is 0 Å². The van der Waals surface area contributed by atoms with Crippen molar-refractivity contribution in [2.24, 2.45) is 0 Å². The number of anilines is 1. The van der Waals surface area contributed by atoms with Crippen LogP contribution in [-0.2, 0) is 6.61 Å². The van der Waals surface area contributed by atoms with Gasteiger partial charge in [-0.05, 0) is 42.0 Å². The van der Waals surface area contributed by atoms with E-state index in [1.54, 1.807) is 36.4 Å². The molecule has 0 spiro atoms. The molecule has 0 atom stereocenters. The fourth-order valence-electron chi connectivity index (χ4n) is 2.40. The van der Waals surface area contributed by atoms with E-state index in [0.717, 1.165) is 5.56 Å². The molecule has 0 aliphatic carbocycles. The van der Waals surface area contributed by atoms with Gasteiger partial charge in [0.15, 0.2) is 0 Å². The molecule has 0 radical (unpaired) electrons. The summed E-state index contributed by atoms with van der Waals surface area (Å²) in [5.74, 6) is -0.767. The molecule has 0 saturated heterocycles. The standard InChI is InChI=1S/C21H17NO4/c23-20(22-17-6-2-1-3-7-17)18-8-4-5-9-19(18)26-14-15-10-12-16(13-11-15)21(24)25/h1-13H,14H2,(H,22,23)(H,24,25). The molecule has 2 N–H and O–H groups in total. The van der Waals surface area contributed by atoms with Gasteiger partial charge in [0.1, 0.15) is 12.4 Å². The largest absolute Gasteiger partial charge is 0.488 e. The van der Waals surface area contributed by atoms with Gasteiger partial charge in [0.2, 0.25) is 0 Å². The van der Waals surface area contributed by atoms with Crippen LogP contribution in [0.15, 0.2) is 78.9 Å². The van der Waals surface area contributed by atoms with Crippen molar-refractivity contribution in [3.05, 3.63) is 95.6 Å². The number of carbonyl (C=O) groups excluding carboxylic acids is 1. The lowest BCUT2D eigenvalue weighted by Crippen LogP contribution is -2.13. The molecule has 26 heavy (non-hydrogen) atoms. The first kappa shape index (κ1) is 17.2. The summed E-state index contributed by atoms with van der Waals surface area (Å²) < 4.78 is 5.77. The van der Waals surface area contributed by atoms with Gasteiger partial charge in [-0.25, -0.2) is 4.79 Å². The van der Waals surface area contributed by atoms with E-state index in [1.165, 1.54) is 12.1 Å². The lowest BCUT2D eigenvalue weighted by atomic mass is 10.1. The van der Waals surface area contributed by atoms with E-state index in [2.05, 4.69) is 5.32 Å². The number of benzene rings is 3. The quantitative estimate of drug-likeness (QED) is 0.700. The minimum Gasteiger partial charge on any atom is -0.488 e. The number of para-hydroxylation sites is 2. The van der Waals surface area contributed by atoms with Crippen LogP contribution in [0.2, 0.25) is 0 Å². The molecule has 5 nitrogen and oxygen atoms in total. The van der Waals surface area contributed by atoms with E-state index >= 15 is 0 Å². The minimum atomic E-state index is -0.972. The lowest BCUT2D eigenvalue weighted by Gasteiger charge is -2.12. The van der Waals surface area contributed by atoms with Crippen molar-refractivity contribution in [1.29, 1.82) is 0 Å². The first-order valence-electron chi connectivity index (χ1n) is 8.04. The molecule has 0 aliphatic rings. The van der Waals surface area contributed by atoms with Gasteiger partial charge in [0.25, 0.3) is 5.91 Å². The van der Waals surface area contributed by atoms with Crippen molar-refractivity contribution in [3.63, 3.8) is 0 Å². The molecule has 3 aromatic carbocycles. The number of amides is 1. The van der Waals surface area contributed by atoms with Gasteiger partial charge >= 0.3 is 5.97 Å². The second-order valence-corrected chi connectivity index (χ2v) is 5.61. The number of hydrogen-bond donors (Lipinski definition) is 2. The average Bonchev–Trinajstić information content (AvgIpc) is 2.67. The molecule has 0 unspecified atom stereocenters. The normalized spacial score (nSPS) is 10.2. The third-order valence-corrected chi connectivity index (χ3v) is 3.76. The smallest absolute Gasteiger partial charge is 0.335 e. The molecule has 1 amide bonds. The van der Waals surface area contributed by atoms with Gasteiger partial charge in [0, 0.05) is 5.69 Å². The average molecular weight is 347 g/mol. The van der Waals surface area contributed by atoms with Crippen molar-refractivity contribution < 1.29 is 19.4 Å². The highest BCUT2D eigenvalue weighted by atomic mass is 16.5. The number of nitrogens with one attached hydrogen (secondary N) is 1.